The summed E-state index contributed by atoms with van der Waals surface area (Å²) in [6.07, 6.45) is 0.209. The molecule has 8 heteroatoms. The van der Waals surface area contributed by atoms with Crippen molar-refractivity contribution in [1.82, 2.24) is 9.80 Å². The molecule has 0 aromatic heterocycles. The standard InChI is InChI=1S/C26H27N3O4S/c1-5-28(3)22(30)15-19-16-34-26-27-17(2)23(25(31)32-4)24(29(19)26)18-10-9-13-21(14-18)33-20-11-7-6-8-12-20/h6-14,16,24H,5,15H2,1-4H3. The third kappa shape index (κ3) is 4.72. The number of amidine groups is 1. The van der Waals surface area contributed by atoms with Crippen LogP contribution in [0.1, 0.15) is 31.9 Å². The number of rotatable bonds is 7. The number of aliphatic imine (C=N–C) groups is 1. The molecule has 0 fully saturated rings. The van der Waals surface area contributed by atoms with Crippen molar-refractivity contribution >= 4 is 28.8 Å². The second kappa shape index (κ2) is 10.2. The molecule has 0 saturated carbocycles. The van der Waals surface area contributed by atoms with Crippen LogP contribution in [-0.4, -0.2) is 47.5 Å². The van der Waals surface area contributed by atoms with Gasteiger partial charge in [0.05, 0.1) is 30.8 Å². The molecule has 2 heterocycles. The Labute approximate surface area is 203 Å². The lowest BCUT2D eigenvalue weighted by Gasteiger charge is -2.36. The summed E-state index contributed by atoms with van der Waals surface area (Å²) in [5.74, 6) is 0.916. The quantitative estimate of drug-likeness (QED) is 0.517. The van der Waals surface area contributed by atoms with Crippen molar-refractivity contribution in [2.45, 2.75) is 26.3 Å². The number of hydrogen-bond acceptors (Lipinski definition) is 7. The number of esters is 1. The first-order chi connectivity index (χ1) is 16.4. The SMILES string of the molecule is CCN(C)C(=O)CC1=CSC2=NC(C)=C(C(=O)OC)C(c3cccc(Oc4ccccc4)c3)N12. The predicted molar refractivity (Wildman–Crippen MR) is 133 cm³/mol. The Bertz CT molecular complexity index is 1190. The largest absolute Gasteiger partial charge is 0.466 e. The van der Waals surface area contributed by atoms with E-state index < -0.39 is 12.0 Å². The zero-order valence-corrected chi connectivity index (χ0v) is 20.5. The van der Waals surface area contributed by atoms with E-state index in [9.17, 15) is 9.59 Å². The Hall–Kier alpha value is -3.52. The number of carbonyl (C=O) groups is 2. The summed E-state index contributed by atoms with van der Waals surface area (Å²) in [4.78, 5) is 33.9. The van der Waals surface area contributed by atoms with E-state index in [4.69, 9.17) is 9.47 Å². The second-order valence-corrected chi connectivity index (χ2v) is 8.79. The molecule has 0 aliphatic carbocycles. The molecule has 0 N–H and O–H groups in total. The molecule has 0 bridgehead atoms. The summed E-state index contributed by atoms with van der Waals surface area (Å²) >= 11 is 1.45. The Morgan fingerprint density at radius 2 is 1.85 bits per heavy atom. The molecule has 4 rings (SSSR count). The molecule has 1 unspecified atom stereocenters. The van der Waals surface area contributed by atoms with E-state index >= 15 is 0 Å². The fourth-order valence-corrected chi connectivity index (χ4v) is 4.86. The Morgan fingerprint density at radius 3 is 2.56 bits per heavy atom. The smallest absolute Gasteiger partial charge is 0.338 e. The molecular formula is C26H27N3O4S. The predicted octanol–water partition coefficient (Wildman–Crippen LogP) is 5.10. The average molecular weight is 478 g/mol. The number of allylic oxidation sites excluding steroid dienone is 1. The van der Waals surface area contributed by atoms with Gasteiger partial charge in [-0.05, 0) is 49.1 Å². The summed E-state index contributed by atoms with van der Waals surface area (Å²) in [5, 5.41) is 2.66. The molecule has 2 aliphatic rings. The van der Waals surface area contributed by atoms with Gasteiger partial charge in [0.15, 0.2) is 5.17 Å². The molecule has 2 aliphatic heterocycles. The van der Waals surface area contributed by atoms with Crippen LogP contribution in [0.4, 0.5) is 0 Å². The van der Waals surface area contributed by atoms with Gasteiger partial charge in [-0.25, -0.2) is 9.79 Å². The molecule has 34 heavy (non-hydrogen) atoms. The van der Waals surface area contributed by atoms with Crippen molar-refractivity contribution in [2.75, 3.05) is 20.7 Å². The van der Waals surface area contributed by atoms with Gasteiger partial charge in [-0.1, -0.05) is 42.1 Å². The first-order valence-corrected chi connectivity index (χ1v) is 11.9. The minimum Gasteiger partial charge on any atom is -0.466 e. The number of methoxy groups -OCH3 is 1. The molecule has 0 radical (unpaired) electrons. The van der Waals surface area contributed by atoms with Crippen molar-refractivity contribution in [2.24, 2.45) is 4.99 Å². The first kappa shape index (κ1) is 23.6. The lowest BCUT2D eigenvalue weighted by atomic mass is 9.93. The van der Waals surface area contributed by atoms with Crippen molar-refractivity contribution < 1.29 is 19.1 Å². The fraction of sp³-hybridized carbons (Fsp3) is 0.269. The van der Waals surface area contributed by atoms with Crippen LogP contribution in [0.2, 0.25) is 0 Å². The van der Waals surface area contributed by atoms with Crippen LogP contribution in [0, 0.1) is 0 Å². The van der Waals surface area contributed by atoms with Gasteiger partial charge in [-0.2, -0.15) is 0 Å². The van der Waals surface area contributed by atoms with Gasteiger partial charge in [0.1, 0.15) is 11.5 Å². The highest BCUT2D eigenvalue weighted by molar-refractivity contribution is 8.16. The van der Waals surface area contributed by atoms with Gasteiger partial charge in [-0.3, -0.25) is 4.79 Å². The van der Waals surface area contributed by atoms with E-state index in [0.29, 0.717) is 23.6 Å². The minimum absolute atomic E-state index is 0.00130. The third-order valence-corrected chi connectivity index (χ3v) is 6.68. The zero-order valence-electron chi connectivity index (χ0n) is 19.6. The van der Waals surface area contributed by atoms with E-state index in [2.05, 4.69) is 4.99 Å². The van der Waals surface area contributed by atoms with E-state index in [1.165, 1.54) is 18.9 Å². The summed E-state index contributed by atoms with van der Waals surface area (Å²) in [5.41, 5.74) is 2.66. The van der Waals surface area contributed by atoms with E-state index in [0.717, 1.165) is 22.2 Å². The molecule has 0 saturated heterocycles. The second-order valence-electron chi connectivity index (χ2n) is 7.96. The number of para-hydroxylation sites is 1. The number of benzene rings is 2. The molecular weight excluding hydrogens is 450 g/mol. The number of hydrogen-bond donors (Lipinski definition) is 0. The molecule has 2 aromatic carbocycles. The summed E-state index contributed by atoms with van der Waals surface area (Å²) < 4.78 is 11.2. The number of nitrogens with zero attached hydrogens (tertiary/aromatic N) is 3. The maximum absolute atomic E-state index is 12.9. The Kier molecular flexibility index (Phi) is 7.07. The van der Waals surface area contributed by atoms with Crippen LogP contribution >= 0.6 is 11.8 Å². The average Bonchev–Trinajstić information content (AvgIpc) is 3.24. The fourth-order valence-electron chi connectivity index (χ4n) is 3.90. The van der Waals surface area contributed by atoms with Crippen molar-refractivity contribution in [3.8, 4) is 11.5 Å². The normalized spacial score (nSPS) is 17.1. The Balaban J connectivity index is 1.74. The first-order valence-electron chi connectivity index (χ1n) is 11.0. The van der Waals surface area contributed by atoms with E-state index in [1.54, 1.807) is 11.9 Å². The maximum atomic E-state index is 12.9. The third-order valence-electron chi connectivity index (χ3n) is 5.79. The highest BCUT2D eigenvalue weighted by Crippen LogP contribution is 2.45. The minimum atomic E-state index is -0.500. The van der Waals surface area contributed by atoms with Crippen LogP contribution in [0.5, 0.6) is 11.5 Å². The Morgan fingerprint density at radius 1 is 1.12 bits per heavy atom. The lowest BCUT2D eigenvalue weighted by molar-refractivity contribution is -0.136. The number of fused-ring (bicyclic) bond motifs is 1. The van der Waals surface area contributed by atoms with Crippen molar-refractivity contribution in [3.05, 3.63) is 82.5 Å². The summed E-state index contributed by atoms with van der Waals surface area (Å²) in [7, 11) is 3.14. The molecule has 1 amide bonds. The molecule has 2 aromatic rings. The number of amides is 1. The highest BCUT2D eigenvalue weighted by Gasteiger charge is 2.41. The maximum Gasteiger partial charge on any atom is 0.338 e. The monoisotopic (exact) mass is 477 g/mol. The van der Waals surface area contributed by atoms with Gasteiger partial charge in [0, 0.05) is 19.3 Å². The van der Waals surface area contributed by atoms with Gasteiger partial charge in [-0.15, -0.1) is 0 Å². The van der Waals surface area contributed by atoms with Gasteiger partial charge in [0.2, 0.25) is 5.91 Å². The van der Waals surface area contributed by atoms with Crippen LogP contribution in [0.3, 0.4) is 0 Å². The van der Waals surface area contributed by atoms with Crippen LogP contribution < -0.4 is 4.74 Å². The lowest BCUT2D eigenvalue weighted by Crippen LogP contribution is -2.38. The van der Waals surface area contributed by atoms with Gasteiger partial charge >= 0.3 is 5.97 Å². The molecule has 0 spiro atoms. The molecule has 7 nitrogen and oxygen atoms in total. The van der Waals surface area contributed by atoms with E-state index in [1.807, 2.05) is 78.8 Å². The van der Waals surface area contributed by atoms with Crippen LogP contribution in [0.25, 0.3) is 0 Å². The molecule has 1 atom stereocenters. The van der Waals surface area contributed by atoms with Crippen molar-refractivity contribution in [1.29, 1.82) is 0 Å². The summed E-state index contributed by atoms with van der Waals surface area (Å²) in [6.45, 7) is 4.36. The number of carbonyl (C=O) groups excluding carboxylic acids is 2. The summed E-state index contributed by atoms with van der Waals surface area (Å²) in [6, 6.07) is 16.6. The number of thioether (sulfide) groups is 1. The van der Waals surface area contributed by atoms with Crippen LogP contribution in [0.15, 0.2) is 82.0 Å². The molecule has 176 valence electrons. The van der Waals surface area contributed by atoms with Gasteiger partial charge in [0.25, 0.3) is 0 Å². The number of ether oxygens (including phenoxy) is 2. The van der Waals surface area contributed by atoms with Gasteiger partial charge < -0.3 is 19.3 Å². The zero-order chi connectivity index (χ0) is 24.2. The van der Waals surface area contributed by atoms with Crippen LogP contribution in [-0.2, 0) is 14.3 Å². The topological polar surface area (TPSA) is 71.4 Å². The van der Waals surface area contributed by atoms with Crippen molar-refractivity contribution in [3.63, 3.8) is 0 Å². The van der Waals surface area contributed by atoms with E-state index in [-0.39, 0.29) is 12.3 Å². The highest BCUT2D eigenvalue weighted by atomic mass is 32.2.